The van der Waals surface area contributed by atoms with Gasteiger partial charge >= 0.3 is 0 Å². The first-order chi connectivity index (χ1) is 7.27. The van der Waals surface area contributed by atoms with E-state index in [1.165, 1.54) is 0 Å². The summed E-state index contributed by atoms with van der Waals surface area (Å²) in [4.78, 5) is 11.8. The average molecular weight is 241 g/mol. The zero-order valence-electron chi connectivity index (χ0n) is 9.32. The first kappa shape index (κ1) is 13.0. The molecule has 0 radical (unpaired) electrons. The van der Waals surface area contributed by atoms with Crippen LogP contribution >= 0.6 is 12.4 Å². The molecule has 1 aliphatic heterocycles. The maximum atomic E-state index is 11.8. The van der Waals surface area contributed by atoms with Gasteiger partial charge in [-0.1, -0.05) is 18.2 Å². The van der Waals surface area contributed by atoms with Gasteiger partial charge in [0.1, 0.15) is 0 Å². The highest BCUT2D eigenvalue weighted by Crippen LogP contribution is 2.16. The normalized spacial score (nSPS) is 18.9. The van der Waals surface area contributed by atoms with E-state index < -0.39 is 0 Å². The van der Waals surface area contributed by atoms with Crippen molar-refractivity contribution in [2.24, 2.45) is 5.92 Å². The van der Waals surface area contributed by atoms with Crippen molar-refractivity contribution in [2.45, 2.75) is 13.3 Å². The van der Waals surface area contributed by atoms with Gasteiger partial charge in [-0.3, -0.25) is 4.79 Å². The van der Waals surface area contributed by atoms with Crippen LogP contribution in [0.1, 0.15) is 12.0 Å². The third-order valence-corrected chi connectivity index (χ3v) is 2.83. The molecule has 4 heteroatoms. The van der Waals surface area contributed by atoms with E-state index in [0.29, 0.717) is 0 Å². The minimum absolute atomic E-state index is 0. The standard InChI is InChI=1S/C12H16N2O.ClH/c1-9-4-2-3-5-11(9)14-12(15)10-6-7-13-8-10;/h2-5,10,13H,6-8H2,1H3,(H,14,15);1H. The van der Waals surface area contributed by atoms with Crippen LogP contribution in [0.2, 0.25) is 0 Å². The lowest BCUT2D eigenvalue weighted by molar-refractivity contribution is -0.119. The minimum Gasteiger partial charge on any atom is -0.326 e. The first-order valence-corrected chi connectivity index (χ1v) is 5.34. The molecule has 2 N–H and O–H groups in total. The van der Waals surface area contributed by atoms with E-state index in [1.807, 2.05) is 31.2 Å². The van der Waals surface area contributed by atoms with E-state index in [2.05, 4.69) is 10.6 Å². The smallest absolute Gasteiger partial charge is 0.228 e. The van der Waals surface area contributed by atoms with Crippen molar-refractivity contribution in [3.05, 3.63) is 29.8 Å². The van der Waals surface area contributed by atoms with E-state index in [0.717, 1.165) is 30.8 Å². The first-order valence-electron chi connectivity index (χ1n) is 5.34. The van der Waals surface area contributed by atoms with Crippen LogP contribution in [0.3, 0.4) is 0 Å². The summed E-state index contributed by atoms with van der Waals surface area (Å²) in [7, 11) is 0. The molecule has 0 spiro atoms. The fourth-order valence-electron chi connectivity index (χ4n) is 1.83. The van der Waals surface area contributed by atoms with Gasteiger partial charge in [0.05, 0.1) is 5.92 Å². The number of carbonyl (C=O) groups is 1. The summed E-state index contributed by atoms with van der Waals surface area (Å²) >= 11 is 0. The number of para-hydroxylation sites is 1. The quantitative estimate of drug-likeness (QED) is 0.830. The molecular weight excluding hydrogens is 224 g/mol. The molecule has 1 aromatic rings. The average Bonchev–Trinajstić information content (AvgIpc) is 2.74. The number of anilines is 1. The van der Waals surface area contributed by atoms with Gasteiger partial charge in [-0.25, -0.2) is 0 Å². The molecule has 1 aromatic carbocycles. The van der Waals surface area contributed by atoms with Crippen LogP contribution in [-0.2, 0) is 4.79 Å². The van der Waals surface area contributed by atoms with Gasteiger partial charge in [0.2, 0.25) is 5.91 Å². The summed E-state index contributed by atoms with van der Waals surface area (Å²) in [5.74, 6) is 0.263. The highest BCUT2D eigenvalue weighted by atomic mass is 35.5. The second kappa shape index (κ2) is 5.87. The van der Waals surface area contributed by atoms with Crippen LogP contribution in [0, 0.1) is 12.8 Å². The number of benzene rings is 1. The van der Waals surface area contributed by atoms with Gasteiger partial charge in [0, 0.05) is 12.2 Å². The number of rotatable bonds is 2. The van der Waals surface area contributed by atoms with Crippen molar-refractivity contribution < 1.29 is 4.79 Å². The van der Waals surface area contributed by atoms with Crippen molar-refractivity contribution in [2.75, 3.05) is 18.4 Å². The Hall–Kier alpha value is -1.06. The van der Waals surface area contributed by atoms with Gasteiger partial charge < -0.3 is 10.6 Å². The van der Waals surface area contributed by atoms with E-state index >= 15 is 0 Å². The molecule has 1 heterocycles. The van der Waals surface area contributed by atoms with Crippen LogP contribution < -0.4 is 10.6 Å². The molecular formula is C12H17ClN2O. The Morgan fingerprint density at radius 3 is 2.81 bits per heavy atom. The zero-order chi connectivity index (χ0) is 10.7. The lowest BCUT2D eigenvalue weighted by Gasteiger charge is -2.11. The lowest BCUT2D eigenvalue weighted by Crippen LogP contribution is -2.24. The molecule has 0 saturated carbocycles. The number of amides is 1. The molecule has 1 fully saturated rings. The van der Waals surface area contributed by atoms with Crippen molar-refractivity contribution >= 4 is 24.0 Å². The molecule has 2 rings (SSSR count). The van der Waals surface area contributed by atoms with Crippen LogP contribution in [0.15, 0.2) is 24.3 Å². The predicted octanol–water partition coefficient (Wildman–Crippen LogP) is 1.96. The molecule has 0 bridgehead atoms. The Labute approximate surface area is 102 Å². The van der Waals surface area contributed by atoms with Crippen LogP contribution in [0.4, 0.5) is 5.69 Å². The SMILES string of the molecule is Cc1ccccc1NC(=O)C1CCNC1.Cl. The van der Waals surface area contributed by atoms with E-state index in [1.54, 1.807) is 0 Å². The Balaban J connectivity index is 0.00000128. The van der Waals surface area contributed by atoms with Gasteiger partial charge in [-0.2, -0.15) is 0 Å². The largest absolute Gasteiger partial charge is 0.326 e. The highest BCUT2D eigenvalue weighted by Gasteiger charge is 2.22. The van der Waals surface area contributed by atoms with Gasteiger partial charge in [-0.05, 0) is 31.5 Å². The number of nitrogens with one attached hydrogen (secondary N) is 2. The van der Waals surface area contributed by atoms with Gasteiger partial charge in [0.25, 0.3) is 0 Å². The highest BCUT2D eigenvalue weighted by molar-refractivity contribution is 5.93. The topological polar surface area (TPSA) is 41.1 Å². The Morgan fingerprint density at radius 1 is 1.44 bits per heavy atom. The van der Waals surface area contributed by atoms with Crippen molar-refractivity contribution in [1.82, 2.24) is 5.32 Å². The predicted molar refractivity (Wildman–Crippen MR) is 68.0 cm³/mol. The fourth-order valence-corrected chi connectivity index (χ4v) is 1.83. The monoisotopic (exact) mass is 240 g/mol. The Bertz CT molecular complexity index is 362. The minimum atomic E-state index is 0. The molecule has 1 atom stereocenters. The fraction of sp³-hybridized carbons (Fsp3) is 0.417. The molecule has 1 unspecified atom stereocenters. The summed E-state index contributed by atoms with van der Waals surface area (Å²) < 4.78 is 0. The number of hydrogen-bond donors (Lipinski definition) is 2. The molecule has 0 aromatic heterocycles. The van der Waals surface area contributed by atoms with Gasteiger partial charge in [0.15, 0.2) is 0 Å². The second-order valence-electron chi connectivity index (χ2n) is 3.99. The lowest BCUT2D eigenvalue weighted by atomic mass is 10.1. The molecule has 1 aliphatic rings. The molecule has 3 nitrogen and oxygen atoms in total. The van der Waals surface area contributed by atoms with E-state index in [-0.39, 0.29) is 24.2 Å². The summed E-state index contributed by atoms with van der Waals surface area (Å²) in [5, 5.41) is 6.17. The van der Waals surface area contributed by atoms with Crippen molar-refractivity contribution in [3.63, 3.8) is 0 Å². The van der Waals surface area contributed by atoms with Crippen LogP contribution in [-0.4, -0.2) is 19.0 Å². The third-order valence-electron chi connectivity index (χ3n) is 2.83. The maximum Gasteiger partial charge on any atom is 0.228 e. The summed E-state index contributed by atoms with van der Waals surface area (Å²) in [5.41, 5.74) is 2.03. The number of aryl methyl sites for hydroxylation is 1. The number of carbonyl (C=O) groups excluding carboxylic acids is 1. The molecule has 88 valence electrons. The van der Waals surface area contributed by atoms with Crippen molar-refractivity contribution in [1.29, 1.82) is 0 Å². The molecule has 0 aliphatic carbocycles. The molecule has 1 amide bonds. The van der Waals surface area contributed by atoms with Crippen molar-refractivity contribution in [3.8, 4) is 0 Å². The van der Waals surface area contributed by atoms with Gasteiger partial charge in [-0.15, -0.1) is 12.4 Å². The van der Waals surface area contributed by atoms with Crippen LogP contribution in [0.25, 0.3) is 0 Å². The number of hydrogen-bond acceptors (Lipinski definition) is 2. The molecule has 1 saturated heterocycles. The van der Waals surface area contributed by atoms with E-state index in [9.17, 15) is 4.79 Å². The van der Waals surface area contributed by atoms with E-state index in [4.69, 9.17) is 0 Å². The third kappa shape index (κ3) is 2.97. The summed E-state index contributed by atoms with van der Waals surface area (Å²) in [6.45, 7) is 3.76. The Morgan fingerprint density at radius 2 is 2.19 bits per heavy atom. The summed E-state index contributed by atoms with van der Waals surface area (Å²) in [6.07, 6.45) is 0.942. The molecule has 16 heavy (non-hydrogen) atoms. The maximum absolute atomic E-state index is 11.8. The second-order valence-corrected chi connectivity index (χ2v) is 3.99. The zero-order valence-corrected chi connectivity index (χ0v) is 10.1. The number of halogens is 1. The Kier molecular flexibility index (Phi) is 4.77. The summed E-state index contributed by atoms with van der Waals surface area (Å²) in [6, 6.07) is 7.86. The van der Waals surface area contributed by atoms with Crippen LogP contribution in [0.5, 0.6) is 0 Å².